The molecule has 1 N–H and O–H groups in total. The quantitative estimate of drug-likeness (QED) is 0.617. The van der Waals surface area contributed by atoms with E-state index in [2.05, 4.69) is 5.32 Å². The van der Waals surface area contributed by atoms with E-state index < -0.39 is 30.3 Å². The lowest BCUT2D eigenvalue weighted by atomic mass is 10.2. The molecule has 1 aromatic rings. The van der Waals surface area contributed by atoms with E-state index in [4.69, 9.17) is 5.26 Å². The van der Waals surface area contributed by atoms with E-state index in [9.17, 15) is 19.2 Å². The second-order valence-electron chi connectivity index (χ2n) is 4.24. The molecule has 1 aliphatic rings. The Balaban J connectivity index is 2.10. The number of imide groups is 2. The normalized spacial score (nSPS) is 14.4. The fourth-order valence-corrected chi connectivity index (χ4v) is 1.78. The third-order valence-corrected chi connectivity index (χ3v) is 2.87. The smallest absolute Gasteiger partial charge is 0.323 e. The summed E-state index contributed by atoms with van der Waals surface area (Å²) >= 11 is 0. The molecule has 5 amide bonds. The summed E-state index contributed by atoms with van der Waals surface area (Å²) in [7, 11) is 1.16. The van der Waals surface area contributed by atoms with E-state index in [-0.39, 0.29) is 11.3 Å². The Hall–Kier alpha value is -3.21. The lowest BCUT2D eigenvalue weighted by Gasteiger charge is -2.13. The Bertz CT molecular complexity index is 692. The predicted octanol–water partition coefficient (Wildman–Crippen LogP) is -0.0826. The number of nitrogens with zero attached hydrogens (tertiary/aromatic N) is 3. The predicted molar refractivity (Wildman–Crippen MR) is 69.7 cm³/mol. The Morgan fingerprint density at radius 2 is 1.90 bits per heavy atom. The van der Waals surface area contributed by atoms with Crippen LogP contribution < -0.4 is 5.32 Å². The molecule has 21 heavy (non-hydrogen) atoms. The van der Waals surface area contributed by atoms with Crippen molar-refractivity contribution in [1.29, 1.82) is 5.26 Å². The average Bonchev–Trinajstić information content (AvgIpc) is 2.66. The van der Waals surface area contributed by atoms with Crippen LogP contribution in [-0.4, -0.2) is 47.1 Å². The molecule has 2 rings (SSSR count). The van der Waals surface area contributed by atoms with Gasteiger partial charge in [-0.3, -0.25) is 19.3 Å². The van der Waals surface area contributed by atoms with Crippen LogP contribution in [0, 0.1) is 11.3 Å². The highest BCUT2D eigenvalue weighted by molar-refractivity contribution is 6.44. The topological polar surface area (TPSA) is 111 Å². The van der Waals surface area contributed by atoms with Crippen LogP contribution in [0.1, 0.15) is 5.56 Å². The number of rotatable bonds is 3. The van der Waals surface area contributed by atoms with Crippen molar-refractivity contribution >= 4 is 29.4 Å². The summed E-state index contributed by atoms with van der Waals surface area (Å²) in [5.41, 5.74) is 0.516. The average molecular weight is 286 g/mol. The van der Waals surface area contributed by atoms with Gasteiger partial charge in [-0.2, -0.15) is 5.26 Å². The van der Waals surface area contributed by atoms with Crippen LogP contribution in [-0.2, 0) is 14.4 Å². The molecule has 8 nitrogen and oxygen atoms in total. The van der Waals surface area contributed by atoms with Gasteiger partial charge in [-0.1, -0.05) is 12.1 Å². The molecule has 1 fully saturated rings. The summed E-state index contributed by atoms with van der Waals surface area (Å²) in [6.07, 6.45) is 0. The minimum atomic E-state index is -1.05. The van der Waals surface area contributed by atoms with Gasteiger partial charge in [-0.15, -0.1) is 0 Å². The van der Waals surface area contributed by atoms with Gasteiger partial charge in [0, 0.05) is 7.05 Å². The largest absolute Gasteiger partial charge is 0.334 e. The van der Waals surface area contributed by atoms with Crippen molar-refractivity contribution in [2.24, 2.45) is 0 Å². The zero-order valence-electron chi connectivity index (χ0n) is 11.0. The molecule has 1 aliphatic heterocycles. The maximum Gasteiger partial charge on any atom is 0.334 e. The van der Waals surface area contributed by atoms with Crippen molar-refractivity contribution in [3.05, 3.63) is 29.8 Å². The summed E-state index contributed by atoms with van der Waals surface area (Å²) in [6.45, 7) is -0.590. The highest BCUT2D eigenvalue weighted by atomic mass is 16.2. The van der Waals surface area contributed by atoms with Crippen molar-refractivity contribution in [3.8, 4) is 6.07 Å². The number of hydrogen-bond donors (Lipinski definition) is 1. The van der Waals surface area contributed by atoms with Gasteiger partial charge in [-0.25, -0.2) is 9.69 Å². The Morgan fingerprint density at radius 3 is 2.48 bits per heavy atom. The fraction of sp³-hybridized carbons (Fsp3) is 0.154. The number of para-hydroxylation sites is 1. The molecule has 0 radical (unpaired) electrons. The second-order valence-corrected chi connectivity index (χ2v) is 4.24. The molecule has 0 bridgehead atoms. The lowest BCUT2D eigenvalue weighted by molar-refractivity contribution is -0.143. The number of hydrogen-bond acceptors (Lipinski definition) is 5. The molecule has 1 heterocycles. The summed E-state index contributed by atoms with van der Waals surface area (Å²) in [5.74, 6) is -2.71. The van der Waals surface area contributed by atoms with Gasteiger partial charge in [0.05, 0.1) is 11.3 Å². The molecule has 0 aromatic heterocycles. The van der Waals surface area contributed by atoms with Gasteiger partial charge >= 0.3 is 17.8 Å². The fourth-order valence-electron chi connectivity index (χ4n) is 1.78. The third kappa shape index (κ3) is 2.57. The maximum absolute atomic E-state index is 11.8. The zero-order valence-corrected chi connectivity index (χ0v) is 11.0. The third-order valence-electron chi connectivity index (χ3n) is 2.87. The van der Waals surface area contributed by atoms with Crippen molar-refractivity contribution in [2.75, 3.05) is 18.9 Å². The van der Waals surface area contributed by atoms with Crippen LogP contribution >= 0.6 is 0 Å². The monoisotopic (exact) mass is 286 g/mol. The molecule has 0 unspecified atom stereocenters. The van der Waals surface area contributed by atoms with E-state index >= 15 is 0 Å². The highest BCUT2D eigenvalue weighted by Crippen LogP contribution is 2.14. The standard InChI is InChI=1S/C13H10N4O4/c1-16-11(19)12(20)17(13(16)21)7-10(18)15-9-5-3-2-4-8(9)6-14/h2-5H,7H2,1H3,(H,15,18). The van der Waals surface area contributed by atoms with E-state index in [1.54, 1.807) is 12.1 Å². The van der Waals surface area contributed by atoms with Crippen LogP contribution in [0.25, 0.3) is 0 Å². The number of anilines is 1. The Kier molecular flexibility index (Phi) is 3.67. The van der Waals surface area contributed by atoms with E-state index in [0.717, 1.165) is 7.05 Å². The second kappa shape index (κ2) is 5.42. The minimum absolute atomic E-state index is 0.248. The number of carbonyl (C=O) groups excluding carboxylic acids is 4. The first-order chi connectivity index (χ1) is 9.95. The number of nitriles is 1. The van der Waals surface area contributed by atoms with Gasteiger partial charge in [0.25, 0.3) is 0 Å². The van der Waals surface area contributed by atoms with Crippen LogP contribution in [0.3, 0.4) is 0 Å². The summed E-state index contributed by atoms with van der Waals surface area (Å²) in [6, 6.07) is 7.34. The lowest BCUT2D eigenvalue weighted by Crippen LogP contribution is -2.38. The number of urea groups is 1. The van der Waals surface area contributed by atoms with Gasteiger partial charge < -0.3 is 5.32 Å². The Labute approximate surface area is 119 Å². The van der Waals surface area contributed by atoms with Gasteiger partial charge in [0.15, 0.2) is 0 Å². The molecule has 0 saturated carbocycles. The number of nitrogens with one attached hydrogen (secondary N) is 1. The van der Waals surface area contributed by atoms with Gasteiger partial charge in [-0.05, 0) is 12.1 Å². The highest BCUT2D eigenvalue weighted by Gasteiger charge is 2.42. The zero-order chi connectivity index (χ0) is 15.6. The number of benzene rings is 1. The molecule has 0 spiro atoms. The van der Waals surface area contributed by atoms with Crippen molar-refractivity contribution in [3.63, 3.8) is 0 Å². The summed E-state index contributed by atoms with van der Waals surface area (Å²) < 4.78 is 0. The van der Waals surface area contributed by atoms with Crippen molar-refractivity contribution < 1.29 is 19.2 Å². The van der Waals surface area contributed by atoms with E-state index in [1.807, 2.05) is 6.07 Å². The van der Waals surface area contributed by atoms with Crippen molar-refractivity contribution in [2.45, 2.75) is 0 Å². The van der Waals surface area contributed by atoms with Crippen LogP contribution in [0.2, 0.25) is 0 Å². The molecule has 0 aliphatic carbocycles. The number of amides is 5. The summed E-state index contributed by atoms with van der Waals surface area (Å²) in [5, 5.41) is 11.3. The van der Waals surface area contributed by atoms with Crippen LogP contribution in [0.15, 0.2) is 24.3 Å². The van der Waals surface area contributed by atoms with Crippen LogP contribution in [0.5, 0.6) is 0 Å². The SMILES string of the molecule is CN1C(=O)C(=O)N(CC(=O)Nc2ccccc2C#N)C1=O. The number of likely N-dealkylation sites (N-methyl/N-ethyl adjacent to an activating group) is 1. The van der Waals surface area contributed by atoms with Gasteiger partial charge in [0.1, 0.15) is 12.6 Å². The minimum Gasteiger partial charge on any atom is -0.323 e. The van der Waals surface area contributed by atoms with E-state index in [0.29, 0.717) is 9.80 Å². The molecule has 0 atom stereocenters. The molecule has 8 heteroatoms. The first-order valence-electron chi connectivity index (χ1n) is 5.88. The first-order valence-corrected chi connectivity index (χ1v) is 5.88. The first kappa shape index (κ1) is 14.2. The molecule has 1 saturated heterocycles. The molecular weight excluding hydrogens is 276 g/mol. The summed E-state index contributed by atoms with van der Waals surface area (Å²) in [4.78, 5) is 47.5. The van der Waals surface area contributed by atoms with E-state index in [1.165, 1.54) is 12.1 Å². The number of carbonyl (C=O) groups is 4. The van der Waals surface area contributed by atoms with Crippen LogP contribution in [0.4, 0.5) is 10.5 Å². The Morgan fingerprint density at radius 1 is 1.24 bits per heavy atom. The van der Waals surface area contributed by atoms with Gasteiger partial charge in [0.2, 0.25) is 5.91 Å². The maximum atomic E-state index is 11.8. The molecule has 1 aromatic carbocycles. The molecule has 106 valence electrons. The van der Waals surface area contributed by atoms with Crippen molar-refractivity contribution in [1.82, 2.24) is 9.80 Å². The molecular formula is C13H10N4O4.